The van der Waals surface area contributed by atoms with Crippen molar-refractivity contribution < 1.29 is 13.9 Å². The zero-order valence-electron chi connectivity index (χ0n) is 9.92. The van der Waals surface area contributed by atoms with Gasteiger partial charge < -0.3 is 5.11 Å². The molecule has 0 aromatic heterocycles. The van der Waals surface area contributed by atoms with Crippen LogP contribution in [0.4, 0.5) is 8.78 Å². The van der Waals surface area contributed by atoms with E-state index >= 15 is 0 Å². The molecule has 0 fully saturated rings. The summed E-state index contributed by atoms with van der Waals surface area (Å²) in [6.45, 7) is 1.50. The van der Waals surface area contributed by atoms with Crippen LogP contribution in [0.5, 0.6) is 0 Å². The van der Waals surface area contributed by atoms with Gasteiger partial charge in [0.15, 0.2) is 0 Å². The number of aryl methyl sites for hydroxylation is 1. The zero-order chi connectivity index (χ0) is 14.2. The third-order valence-electron chi connectivity index (χ3n) is 2.77. The second-order valence-electron chi connectivity index (χ2n) is 4.23. The molecule has 0 bridgehead atoms. The van der Waals surface area contributed by atoms with Crippen LogP contribution in [0.1, 0.15) is 22.8 Å². The van der Waals surface area contributed by atoms with Gasteiger partial charge in [0.25, 0.3) is 0 Å². The van der Waals surface area contributed by atoms with Crippen LogP contribution >= 0.6 is 23.2 Å². The minimum atomic E-state index is -1.25. The second kappa shape index (κ2) is 5.45. The fourth-order valence-electron chi connectivity index (χ4n) is 1.80. The van der Waals surface area contributed by atoms with Crippen molar-refractivity contribution in [3.8, 4) is 0 Å². The standard InChI is InChI=1S/C14H10Cl2F2O/c1-7-2-11(13(18)6-12(7)17)14(19)8-3-9(15)5-10(16)4-8/h2-6,14,19H,1H3. The second-order valence-corrected chi connectivity index (χ2v) is 5.10. The number of halogens is 4. The van der Waals surface area contributed by atoms with E-state index in [0.29, 0.717) is 15.6 Å². The highest BCUT2D eigenvalue weighted by Crippen LogP contribution is 2.30. The lowest BCUT2D eigenvalue weighted by Gasteiger charge is -2.14. The smallest absolute Gasteiger partial charge is 0.132 e. The van der Waals surface area contributed by atoms with Crippen LogP contribution < -0.4 is 0 Å². The minimum absolute atomic E-state index is 0.0165. The molecule has 2 aromatic carbocycles. The van der Waals surface area contributed by atoms with Gasteiger partial charge >= 0.3 is 0 Å². The Morgan fingerprint density at radius 3 is 2.11 bits per heavy atom. The predicted octanol–water partition coefficient (Wildman–Crippen LogP) is 4.66. The van der Waals surface area contributed by atoms with Gasteiger partial charge in [-0.2, -0.15) is 0 Å². The lowest BCUT2D eigenvalue weighted by molar-refractivity contribution is 0.214. The SMILES string of the molecule is Cc1cc(C(O)c2cc(Cl)cc(Cl)c2)c(F)cc1F. The predicted molar refractivity (Wildman–Crippen MR) is 71.6 cm³/mol. The average molecular weight is 303 g/mol. The molecule has 0 aliphatic carbocycles. The highest BCUT2D eigenvalue weighted by molar-refractivity contribution is 6.34. The van der Waals surface area contributed by atoms with Crippen molar-refractivity contribution >= 4 is 23.2 Å². The fourth-order valence-corrected chi connectivity index (χ4v) is 2.34. The van der Waals surface area contributed by atoms with E-state index in [1.807, 2.05) is 0 Å². The molecule has 0 aliphatic heterocycles. The highest BCUT2D eigenvalue weighted by atomic mass is 35.5. The van der Waals surface area contributed by atoms with E-state index in [-0.39, 0.29) is 11.1 Å². The Morgan fingerprint density at radius 2 is 1.53 bits per heavy atom. The van der Waals surface area contributed by atoms with Gasteiger partial charge in [0.05, 0.1) is 0 Å². The molecular formula is C14H10Cl2F2O. The van der Waals surface area contributed by atoms with Crippen molar-refractivity contribution in [2.75, 3.05) is 0 Å². The molecule has 19 heavy (non-hydrogen) atoms. The summed E-state index contributed by atoms with van der Waals surface area (Å²) in [6, 6.07) is 6.49. The topological polar surface area (TPSA) is 20.2 Å². The van der Waals surface area contributed by atoms with E-state index in [9.17, 15) is 13.9 Å². The maximum absolute atomic E-state index is 13.7. The molecule has 2 aromatic rings. The van der Waals surface area contributed by atoms with Crippen molar-refractivity contribution in [1.29, 1.82) is 0 Å². The number of aliphatic hydroxyl groups is 1. The van der Waals surface area contributed by atoms with Gasteiger partial charge in [0, 0.05) is 21.7 Å². The average Bonchev–Trinajstić information content (AvgIpc) is 2.31. The monoisotopic (exact) mass is 302 g/mol. The van der Waals surface area contributed by atoms with Crippen LogP contribution in [0.3, 0.4) is 0 Å². The lowest BCUT2D eigenvalue weighted by Crippen LogP contribution is -2.04. The van der Waals surface area contributed by atoms with Gasteiger partial charge in [-0.15, -0.1) is 0 Å². The number of benzene rings is 2. The molecule has 1 nitrogen and oxygen atoms in total. The maximum Gasteiger partial charge on any atom is 0.132 e. The zero-order valence-corrected chi connectivity index (χ0v) is 11.4. The largest absolute Gasteiger partial charge is 0.384 e. The molecule has 0 amide bonds. The van der Waals surface area contributed by atoms with Crippen molar-refractivity contribution in [1.82, 2.24) is 0 Å². The lowest BCUT2D eigenvalue weighted by atomic mass is 9.99. The normalized spacial score (nSPS) is 12.5. The third kappa shape index (κ3) is 3.06. The number of aliphatic hydroxyl groups excluding tert-OH is 1. The van der Waals surface area contributed by atoms with Crippen LogP contribution in [-0.4, -0.2) is 5.11 Å². The molecule has 0 heterocycles. The molecule has 5 heteroatoms. The Kier molecular flexibility index (Phi) is 4.09. The van der Waals surface area contributed by atoms with E-state index in [1.54, 1.807) is 0 Å². The summed E-state index contributed by atoms with van der Waals surface area (Å²) in [5.74, 6) is -1.47. The maximum atomic E-state index is 13.7. The van der Waals surface area contributed by atoms with Gasteiger partial charge in [-0.25, -0.2) is 8.78 Å². The molecule has 0 radical (unpaired) electrons. The molecular weight excluding hydrogens is 293 g/mol. The molecule has 1 N–H and O–H groups in total. The van der Waals surface area contributed by atoms with Gasteiger partial charge in [-0.05, 0) is 42.3 Å². The number of hydrogen-bond acceptors (Lipinski definition) is 1. The van der Waals surface area contributed by atoms with E-state index in [0.717, 1.165) is 6.07 Å². The first kappa shape index (κ1) is 14.3. The van der Waals surface area contributed by atoms with E-state index < -0.39 is 17.7 Å². The summed E-state index contributed by atoms with van der Waals surface area (Å²) in [6.07, 6.45) is -1.25. The van der Waals surface area contributed by atoms with Crippen molar-refractivity contribution in [3.63, 3.8) is 0 Å². The van der Waals surface area contributed by atoms with Crippen LogP contribution in [-0.2, 0) is 0 Å². The molecule has 0 aliphatic rings. The molecule has 100 valence electrons. The first-order valence-corrected chi connectivity index (χ1v) is 6.23. The Labute approximate surface area is 119 Å². The number of hydrogen-bond donors (Lipinski definition) is 1. The number of rotatable bonds is 2. The molecule has 2 rings (SSSR count). The molecule has 0 spiro atoms. The Morgan fingerprint density at radius 1 is 0.947 bits per heavy atom. The summed E-state index contributed by atoms with van der Waals surface area (Å²) < 4.78 is 26.9. The summed E-state index contributed by atoms with van der Waals surface area (Å²) in [7, 11) is 0. The first-order chi connectivity index (χ1) is 8.88. The van der Waals surface area contributed by atoms with Crippen LogP contribution in [0.15, 0.2) is 30.3 Å². The molecule has 0 saturated carbocycles. The quantitative estimate of drug-likeness (QED) is 0.855. The summed E-state index contributed by atoms with van der Waals surface area (Å²) in [5, 5.41) is 10.8. The Hall–Kier alpha value is -1.16. The van der Waals surface area contributed by atoms with Crippen molar-refractivity contribution in [3.05, 3.63) is 68.7 Å². The molecule has 0 saturated heterocycles. The van der Waals surface area contributed by atoms with Crippen LogP contribution in [0, 0.1) is 18.6 Å². The minimum Gasteiger partial charge on any atom is -0.384 e. The van der Waals surface area contributed by atoms with Gasteiger partial charge in [0.1, 0.15) is 17.7 Å². The first-order valence-electron chi connectivity index (χ1n) is 5.48. The summed E-state index contributed by atoms with van der Waals surface area (Å²) in [4.78, 5) is 0. The van der Waals surface area contributed by atoms with E-state index in [4.69, 9.17) is 23.2 Å². The van der Waals surface area contributed by atoms with Crippen LogP contribution in [0.25, 0.3) is 0 Å². The third-order valence-corrected chi connectivity index (χ3v) is 3.21. The van der Waals surface area contributed by atoms with E-state index in [2.05, 4.69) is 0 Å². The van der Waals surface area contributed by atoms with Gasteiger partial charge in [-0.3, -0.25) is 0 Å². The van der Waals surface area contributed by atoms with Gasteiger partial charge in [0.2, 0.25) is 0 Å². The Balaban J connectivity index is 2.49. The summed E-state index contributed by atoms with van der Waals surface area (Å²) >= 11 is 11.7. The fraction of sp³-hybridized carbons (Fsp3) is 0.143. The van der Waals surface area contributed by atoms with Crippen LogP contribution in [0.2, 0.25) is 10.0 Å². The Bertz CT molecular complexity index is 609. The molecule has 1 atom stereocenters. The van der Waals surface area contributed by atoms with Crippen molar-refractivity contribution in [2.24, 2.45) is 0 Å². The van der Waals surface area contributed by atoms with E-state index in [1.165, 1.54) is 31.2 Å². The summed E-state index contributed by atoms with van der Waals surface area (Å²) in [5.41, 5.74) is 0.586. The van der Waals surface area contributed by atoms with Crippen molar-refractivity contribution in [2.45, 2.75) is 13.0 Å². The highest BCUT2D eigenvalue weighted by Gasteiger charge is 2.18. The molecule has 1 unspecified atom stereocenters. The van der Waals surface area contributed by atoms with Gasteiger partial charge in [-0.1, -0.05) is 23.2 Å².